The van der Waals surface area contributed by atoms with Gasteiger partial charge in [-0.15, -0.1) is 0 Å². The van der Waals surface area contributed by atoms with Crippen molar-refractivity contribution in [1.29, 1.82) is 0 Å². The third-order valence-electron chi connectivity index (χ3n) is 4.04. The lowest BCUT2D eigenvalue weighted by atomic mass is 10.1. The van der Waals surface area contributed by atoms with Crippen LogP contribution in [0, 0.1) is 10.1 Å². The first-order valence-electron chi connectivity index (χ1n) is 8.32. The topological polar surface area (TPSA) is 105 Å². The number of piperidine rings is 1. The van der Waals surface area contributed by atoms with Gasteiger partial charge in [0.1, 0.15) is 5.69 Å². The van der Waals surface area contributed by atoms with Crippen LogP contribution in [-0.2, 0) is 15.8 Å². The number of amides is 2. The summed E-state index contributed by atoms with van der Waals surface area (Å²) in [7, 11) is 0. The van der Waals surface area contributed by atoms with Gasteiger partial charge in [-0.1, -0.05) is 0 Å². The Morgan fingerprint density at radius 3 is 2.63 bits per heavy atom. The summed E-state index contributed by atoms with van der Waals surface area (Å²) in [6.07, 6.45) is -2.60. The number of nitrogens with zero attached hydrogens (tertiary/aromatic N) is 2. The van der Waals surface area contributed by atoms with Gasteiger partial charge in [0.25, 0.3) is 5.69 Å². The minimum atomic E-state index is -4.68. The second-order valence-corrected chi connectivity index (χ2v) is 6.04. The number of likely N-dealkylation sites (tertiary alicyclic amines) is 1. The maximum absolute atomic E-state index is 12.7. The molecule has 0 radical (unpaired) electrons. The van der Waals surface area contributed by atoms with Crippen molar-refractivity contribution in [3.8, 4) is 0 Å². The van der Waals surface area contributed by atoms with E-state index < -0.39 is 22.4 Å². The third kappa shape index (κ3) is 5.83. The fourth-order valence-electron chi connectivity index (χ4n) is 2.67. The lowest BCUT2D eigenvalue weighted by molar-refractivity contribution is -0.384. The number of rotatable bonds is 7. The van der Waals surface area contributed by atoms with Crippen LogP contribution in [0.1, 0.15) is 24.8 Å². The second-order valence-electron chi connectivity index (χ2n) is 6.04. The van der Waals surface area contributed by atoms with Gasteiger partial charge in [0, 0.05) is 32.1 Å². The Balaban J connectivity index is 1.85. The van der Waals surface area contributed by atoms with E-state index in [1.165, 1.54) is 4.90 Å². The Morgan fingerprint density at radius 1 is 1.26 bits per heavy atom. The van der Waals surface area contributed by atoms with Crippen molar-refractivity contribution in [2.45, 2.75) is 25.4 Å². The molecule has 1 saturated heterocycles. The smallest absolute Gasteiger partial charge is 0.378 e. The maximum Gasteiger partial charge on any atom is 0.416 e. The number of anilines is 1. The van der Waals surface area contributed by atoms with Crippen LogP contribution in [0.15, 0.2) is 18.2 Å². The van der Waals surface area contributed by atoms with Crippen molar-refractivity contribution in [1.82, 2.24) is 10.2 Å². The highest BCUT2D eigenvalue weighted by Crippen LogP contribution is 2.34. The molecular formula is C16H19F3N4O4. The van der Waals surface area contributed by atoms with Gasteiger partial charge in [0.05, 0.1) is 17.0 Å². The molecule has 1 aromatic carbocycles. The summed E-state index contributed by atoms with van der Waals surface area (Å²) in [6, 6.07) is 2.19. The van der Waals surface area contributed by atoms with Crippen LogP contribution < -0.4 is 10.6 Å². The zero-order chi connectivity index (χ0) is 20.0. The van der Waals surface area contributed by atoms with Crippen LogP contribution in [0.5, 0.6) is 0 Å². The Bertz CT molecular complexity index is 724. The number of nitro benzene ring substituents is 1. The maximum atomic E-state index is 12.7. The molecule has 0 spiro atoms. The summed E-state index contributed by atoms with van der Waals surface area (Å²) in [6.45, 7) is 0.645. The van der Waals surface area contributed by atoms with E-state index in [4.69, 9.17) is 0 Å². The van der Waals surface area contributed by atoms with Crippen LogP contribution in [0.2, 0.25) is 0 Å². The molecule has 2 amide bonds. The standard InChI is InChI=1S/C16H19F3N4O4/c17-16(18,19)11-4-5-12(13(9-11)23(26)27)20-6-7-21-14(24)10-22-8-2-1-3-15(22)25/h4-5,9,20H,1-3,6-8,10H2,(H,21,24). The van der Waals surface area contributed by atoms with E-state index in [0.29, 0.717) is 19.0 Å². The molecule has 1 fully saturated rings. The van der Waals surface area contributed by atoms with Gasteiger partial charge in [-0.2, -0.15) is 13.2 Å². The summed E-state index contributed by atoms with van der Waals surface area (Å²) in [5, 5.41) is 16.2. The van der Waals surface area contributed by atoms with Gasteiger partial charge < -0.3 is 15.5 Å². The van der Waals surface area contributed by atoms with Crippen molar-refractivity contribution in [3.05, 3.63) is 33.9 Å². The highest BCUT2D eigenvalue weighted by molar-refractivity contribution is 5.85. The van der Waals surface area contributed by atoms with E-state index >= 15 is 0 Å². The van der Waals surface area contributed by atoms with Crippen molar-refractivity contribution in [3.63, 3.8) is 0 Å². The van der Waals surface area contributed by atoms with Crippen LogP contribution in [0.4, 0.5) is 24.5 Å². The molecule has 0 aromatic heterocycles. The molecule has 0 bridgehead atoms. The van der Waals surface area contributed by atoms with E-state index in [0.717, 1.165) is 25.0 Å². The first-order valence-corrected chi connectivity index (χ1v) is 8.32. The molecule has 27 heavy (non-hydrogen) atoms. The molecule has 148 valence electrons. The van der Waals surface area contributed by atoms with E-state index in [1.807, 2.05) is 0 Å². The molecule has 0 saturated carbocycles. The van der Waals surface area contributed by atoms with E-state index in [1.54, 1.807) is 0 Å². The Hall–Kier alpha value is -2.85. The molecule has 0 aliphatic carbocycles. The first-order chi connectivity index (χ1) is 12.7. The van der Waals surface area contributed by atoms with Gasteiger partial charge >= 0.3 is 6.18 Å². The monoisotopic (exact) mass is 388 g/mol. The highest BCUT2D eigenvalue weighted by atomic mass is 19.4. The molecule has 11 heteroatoms. The largest absolute Gasteiger partial charge is 0.416 e. The number of hydrogen-bond donors (Lipinski definition) is 2. The lowest BCUT2D eigenvalue weighted by Crippen LogP contribution is -2.43. The number of carbonyl (C=O) groups is 2. The quantitative estimate of drug-likeness (QED) is 0.423. The van der Waals surface area contributed by atoms with Crippen LogP contribution in [-0.4, -0.2) is 47.8 Å². The summed E-state index contributed by atoms with van der Waals surface area (Å²) < 4.78 is 38.0. The molecular weight excluding hydrogens is 369 g/mol. The van der Waals surface area contributed by atoms with E-state index in [-0.39, 0.29) is 37.1 Å². The molecule has 1 aliphatic rings. The van der Waals surface area contributed by atoms with E-state index in [9.17, 15) is 32.9 Å². The molecule has 8 nitrogen and oxygen atoms in total. The van der Waals surface area contributed by atoms with Gasteiger partial charge in [-0.3, -0.25) is 19.7 Å². The number of alkyl halides is 3. The molecule has 2 N–H and O–H groups in total. The summed E-state index contributed by atoms with van der Waals surface area (Å²) in [5.74, 6) is -0.441. The van der Waals surface area contributed by atoms with Crippen LogP contribution >= 0.6 is 0 Å². The van der Waals surface area contributed by atoms with Gasteiger partial charge in [0.2, 0.25) is 11.8 Å². The molecule has 1 aromatic rings. The third-order valence-corrected chi connectivity index (χ3v) is 4.04. The number of hydrogen-bond acceptors (Lipinski definition) is 5. The van der Waals surface area contributed by atoms with Crippen LogP contribution in [0.25, 0.3) is 0 Å². The Morgan fingerprint density at radius 2 is 2.00 bits per heavy atom. The number of carbonyl (C=O) groups excluding carboxylic acids is 2. The second kappa shape index (κ2) is 8.69. The number of nitro groups is 1. The average molecular weight is 388 g/mol. The van der Waals surface area contributed by atoms with Crippen LogP contribution in [0.3, 0.4) is 0 Å². The number of nitrogens with one attached hydrogen (secondary N) is 2. The van der Waals surface area contributed by atoms with Gasteiger partial charge in [-0.05, 0) is 25.0 Å². The molecule has 2 rings (SSSR count). The molecule has 1 aliphatic heterocycles. The zero-order valence-corrected chi connectivity index (χ0v) is 14.3. The molecule has 1 heterocycles. The Labute approximate surface area is 152 Å². The van der Waals surface area contributed by atoms with Crippen molar-refractivity contribution >= 4 is 23.2 Å². The predicted molar refractivity (Wildman–Crippen MR) is 90.0 cm³/mol. The highest BCUT2D eigenvalue weighted by Gasteiger charge is 2.33. The molecule has 0 atom stereocenters. The fraction of sp³-hybridized carbons (Fsp3) is 0.500. The minimum absolute atomic E-state index is 0.0563. The van der Waals surface area contributed by atoms with Gasteiger partial charge in [0.15, 0.2) is 0 Å². The minimum Gasteiger partial charge on any atom is -0.378 e. The molecule has 0 unspecified atom stereocenters. The first kappa shape index (κ1) is 20.5. The van der Waals surface area contributed by atoms with Crippen molar-refractivity contribution in [2.24, 2.45) is 0 Å². The Kier molecular flexibility index (Phi) is 6.59. The fourth-order valence-corrected chi connectivity index (χ4v) is 2.67. The predicted octanol–water partition coefficient (Wildman–Crippen LogP) is 2.15. The zero-order valence-electron chi connectivity index (χ0n) is 14.3. The summed E-state index contributed by atoms with van der Waals surface area (Å²) in [4.78, 5) is 35.0. The van der Waals surface area contributed by atoms with Crippen molar-refractivity contribution in [2.75, 3.05) is 31.5 Å². The van der Waals surface area contributed by atoms with Gasteiger partial charge in [-0.25, -0.2) is 0 Å². The number of halogens is 3. The lowest BCUT2D eigenvalue weighted by Gasteiger charge is -2.25. The van der Waals surface area contributed by atoms with Crippen molar-refractivity contribution < 1.29 is 27.7 Å². The summed E-state index contributed by atoms with van der Waals surface area (Å²) >= 11 is 0. The average Bonchev–Trinajstić information content (AvgIpc) is 2.59. The normalized spacial score (nSPS) is 14.8. The summed E-state index contributed by atoms with van der Waals surface area (Å²) in [5.41, 5.74) is -1.89. The number of benzene rings is 1. The van der Waals surface area contributed by atoms with E-state index in [2.05, 4.69) is 10.6 Å². The SMILES string of the molecule is O=C(CN1CCCCC1=O)NCCNc1ccc(C(F)(F)F)cc1[N+](=O)[O-].